The van der Waals surface area contributed by atoms with Crippen LogP contribution in [-0.2, 0) is 66.4 Å². The van der Waals surface area contributed by atoms with Gasteiger partial charge in [0.1, 0.15) is 12.2 Å². The molecule has 0 unspecified atom stereocenters. The lowest BCUT2D eigenvalue weighted by Crippen LogP contribution is -2.24. The van der Waals surface area contributed by atoms with Gasteiger partial charge in [0.2, 0.25) is 0 Å². The van der Waals surface area contributed by atoms with Gasteiger partial charge in [-0.05, 0) is 51.5 Å². The topological polar surface area (TPSA) is 166 Å². The van der Waals surface area contributed by atoms with Gasteiger partial charge >= 0.3 is 11.9 Å². The number of anilines is 1. The summed E-state index contributed by atoms with van der Waals surface area (Å²) in [6.07, 6.45) is 2.46. The van der Waals surface area contributed by atoms with Gasteiger partial charge in [-0.15, -0.1) is 0 Å². The number of rotatable bonds is 41. The molecular formula is C40H71NO15. The average Bonchev–Trinajstić information content (AvgIpc) is 3.17. The zero-order valence-electron chi connectivity index (χ0n) is 34.5. The predicted molar refractivity (Wildman–Crippen MR) is 210 cm³/mol. The molecule has 0 atom stereocenters. The summed E-state index contributed by atoms with van der Waals surface area (Å²) in [5.74, 6) is -0.634. The maximum Gasteiger partial charge on any atom is 0.338 e. The molecule has 1 aromatic rings. The Labute approximate surface area is 334 Å². The molecule has 0 aliphatic carbocycles. The molecule has 16 heteroatoms. The van der Waals surface area contributed by atoms with Crippen molar-refractivity contribution in [3.05, 3.63) is 29.8 Å². The molecule has 0 bridgehead atoms. The summed E-state index contributed by atoms with van der Waals surface area (Å²) in [4.78, 5) is 23.7. The first-order valence-corrected chi connectivity index (χ1v) is 19.9. The van der Waals surface area contributed by atoms with Gasteiger partial charge in [0.15, 0.2) is 0 Å². The number of nitrogens with one attached hydrogen (secondary N) is 1. The van der Waals surface area contributed by atoms with E-state index in [2.05, 4.69) is 12.2 Å². The first kappa shape index (κ1) is 51.5. The van der Waals surface area contributed by atoms with E-state index < -0.39 is 5.60 Å². The highest BCUT2D eigenvalue weighted by Crippen LogP contribution is 2.11. The summed E-state index contributed by atoms with van der Waals surface area (Å²) in [7, 11) is 0. The summed E-state index contributed by atoms with van der Waals surface area (Å²) in [6.45, 7) is 18.7. The Hall–Kier alpha value is -2.48. The van der Waals surface area contributed by atoms with E-state index in [9.17, 15) is 9.59 Å². The van der Waals surface area contributed by atoms with Gasteiger partial charge < -0.3 is 66.9 Å². The van der Waals surface area contributed by atoms with Crippen LogP contribution in [0.25, 0.3) is 0 Å². The van der Waals surface area contributed by atoms with Crippen molar-refractivity contribution in [3.8, 4) is 0 Å². The molecular weight excluding hydrogens is 734 g/mol. The number of unbranched alkanes of at least 4 members (excludes halogenated alkanes) is 1. The van der Waals surface area contributed by atoms with Gasteiger partial charge in [-0.2, -0.15) is 0 Å². The first-order chi connectivity index (χ1) is 27.3. The zero-order chi connectivity index (χ0) is 40.6. The van der Waals surface area contributed by atoms with Crippen LogP contribution in [-0.4, -0.2) is 176 Å². The highest BCUT2D eigenvalue weighted by molar-refractivity contribution is 5.89. The van der Waals surface area contributed by atoms with Crippen molar-refractivity contribution in [2.75, 3.05) is 164 Å². The van der Waals surface area contributed by atoms with Gasteiger partial charge in [-0.1, -0.05) is 13.3 Å². The zero-order valence-corrected chi connectivity index (χ0v) is 34.5. The van der Waals surface area contributed by atoms with Crippen LogP contribution in [0.3, 0.4) is 0 Å². The van der Waals surface area contributed by atoms with E-state index in [4.69, 9.17) is 61.6 Å². The van der Waals surface area contributed by atoms with Crippen molar-refractivity contribution < 1.29 is 71.2 Å². The Bertz CT molecular complexity index is 1030. The van der Waals surface area contributed by atoms with Crippen molar-refractivity contribution in [1.29, 1.82) is 0 Å². The Morgan fingerprint density at radius 2 is 0.804 bits per heavy atom. The molecule has 0 saturated heterocycles. The van der Waals surface area contributed by atoms with Crippen LogP contribution in [0.2, 0.25) is 0 Å². The fourth-order valence-electron chi connectivity index (χ4n) is 4.26. The first-order valence-electron chi connectivity index (χ1n) is 19.9. The van der Waals surface area contributed by atoms with Gasteiger partial charge in [-0.3, -0.25) is 4.79 Å². The number of esters is 2. The van der Waals surface area contributed by atoms with Gasteiger partial charge in [0.25, 0.3) is 0 Å². The number of hydrogen-bond donors (Lipinski definition) is 1. The second kappa shape index (κ2) is 38.1. The molecule has 326 valence electrons. The third-order valence-corrected chi connectivity index (χ3v) is 7.03. The third kappa shape index (κ3) is 35.9. The Balaban J connectivity index is 1.68. The third-order valence-electron chi connectivity index (χ3n) is 7.03. The summed E-state index contributed by atoms with van der Waals surface area (Å²) >= 11 is 0. The predicted octanol–water partition coefficient (Wildman–Crippen LogP) is 3.97. The van der Waals surface area contributed by atoms with Crippen LogP contribution in [0.5, 0.6) is 0 Å². The highest BCUT2D eigenvalue weighted by atomic mass is 16.6. The molecule has 0 aliphatic rings. The fourth-order valence-corrected chi connectivity index (χ4v) is 4.26. The van der Waals surface area contributed by atoms with Crippen LogP contribution < -0.4 is 5.32 Å². The number of ether oxygens (including phenoxy) is 13. The molecule has 0 radical (unpaired) electrons. The van der Waals surface area contributed by atoms with E-state index >= 15 is 0 Å². The van der Waals surface area contributed by atoms with Crippen LogP contribution in [0.15, 0.2) is 24.3 Å². The molecule has 1 aromatic carbocycles. The van der Waals surface area contributed by atoms with E-state index in [1.807, 2.05) is 32.9 Å². The second-order valence-electron chi connectivity index (χ2n) is 13.1. The quantitative estimate of drug-likeness (QED) is 0.0746. The molecule has 0 aliphatic heterocycles. The van der Waals surface area contributed by atoms with Gasteiger partial charge in [0.05, 0.1) is 157 Å². The highest BCUT2D eigenvalue weighted by Gasteiger charge is 2.15. The minimum Gasteiger partial charge on any atom is -0.460 e. The Morgan fingerprint density at radius 3 is 1.12 bits per heavy atom. The lowest BCUT2D eigenvalue weighted by Gasteiger charge is -2.19. The van der Waals surface area contributed by atoms with Crippen molar-refractivity contribution in [3.63, 3.8) is 0 Å². The molecule has 0 spiro atoms. The lowest BCUT2D eigenvalue weighted by molar-refractivity contribution is -0.156. The van der Waals surface area contributed by atoms with Gasteiger partial charge in [0, 0.05) is 12.2 Å². The second-order valence-corrected chi connectivity index (χ2v) is 13.1. The van der Waals surface area contributed by atoms with E-state index in [1.54, 1.807) is 12.1 Å². The molecule has 0 fully saturated rings. The Kier molecular flexibility index (Phi) is 35.0. The standard InChI is InChI=1S/C40H71NO15/c1-5-6-12-41-37-9-7-36(8-10-37)39(43)55-35-34-54-33-32-53-31-30-52-29-28-51-27-26-50-25-24-49-23-22-48-21-20-47-19-18-46-17-16-45-15-14-44-13-11-38(42)56-40(2,3)4/h7-10,41H,5-6,11-35H2,1-4H3. The van der Waals surface area contributed by atoms with Crippen molar-refractivity contribution in [1.82, 2.24) is 0 Å². The van der Waals surface area contributed by atoms with Crippen LogP contribution in [0.1, 0.15) is 57.3 Å². The molecule has 16 nitrogen and oxygen atoms in total. The van der Waals surface area contributed by atoms with Crippen LogP contribution in [0.4, 0.5) is 5.69 Å². The van der Waals surface area contributed by atoms with E-state index in [-0.39, 0.29) is 25.0 Å². The number of benzene rings is 1. The maximum atomic E-state index is 12.1. The number of hydrogen-bond acceptors (Lipinski definition) is 16. The maximum absolute atomic E-state index is 12.1. The monoisotopic (exact) mass is 805 g/mol. The van der Waals surface area contributed by atoms with Gasteiger partial charge in [-0.25, -0.2) is 4.79 Å². The number of carbonyl (C=O) groups is 2. The largest absolute Gasteiger partial charge is 0.460 e. The molecule has 0 amide bonds. The normalized spacial score (nSPS) is 11.6. The summed E-state index contributed by atoms with van der Waals surface area (Å²) in [5, 5.41) is 3.32. The fraction of sp³-hybridized carbons (Fsp3) is 0.800. The summed E-state index contributed by atoms with van der Waals surface area (Å²) in [5.41, 5.74) is 1.03. The summed E-state index contributed by atoms with van der Waals surface area (Å²) < 4.78 is 70.6. The summed E-state index contributed by atoms with van der Waals surface area (Å²) in [6, 6.07) is 7.28. The van der Waals surface area contributed by atoms with E-state index in [0.29, 0.717) is 151 Å². The minimum atomic E-state index is -0.479. The number of carbonyl (C=O) groups excluding carboxylic acids is 2. The van der Waals surface area contributed by atoms with Crippen LogP contribution >= 0.6 is 0 Å². The van der Waals surface area contributed by atoms with Crippen molar-refractivity contribution >= 4 is 17.6 Å². The molecule has 0 aromatic heterocycles. The molecule has 0 saturated carbocycles. The minimum absolute atomic E-state index is 0.184. The molecule has 1 N–H and O–H groups in total. The van der Waals surface area contributed by atoms with Crippen LogP contribution in [0, 0.1) is 0 Å². The Morgan fingerprint density at radius 1 is 0.482 bits per heavy atom. The average molecular weight is 806 g/mol. The molecule has 56 heavy (non-hydrogen) atoms. The smallest absolute Gasteiger partial charge is 0.338 e. The molecule has 0 heterocycles. The SMILES string of the molecule is CCCCNc1ccc(C(=O)OCCOCCOCCOCCOCCOCCOCCOCCOCCOCCOCCOCCC(=O)OC(C)(C)C)cc1. The van der Waals surface area contributed by atoms with E-state index in [0.717, 1.165) is 25.1 Å². The lowest BCUT2D eigenvalue weighted by atomic mass is 10.2. The van der Waals surface area contributed by atoms with Crippen molar-refractivity contribution in [2.45, 2.75) is 52.6 Å². The van der Waals surface area contributed by atoms with Crippen molar-refractivity contribution in [2.24, 2.45) is 0 Å². The molecule has 1 rings (SSSR count). The van der Waals surface area contributed by atoms with E-state index in [1.165, 1.54) is 0 Å².